The maximum absolute atomic E-state index is 14.6. The third-order valence-electron chi connectivity index (χ3n) is 17.4. The van der Waals surface area contributed by atoms with Crippen LogP contribution in [0.15, 0.2) is 72.8 Å². The summed E-state index contributed by atoms with van der Waals surface area (Å²) in [7, 11) is 2.68. The van der Waals surface area contributed by atoms with Crippen LogP contribution >= 0.6 is 23.5 Å². The SMILES string of the molecule is COC(=O)NC(CCSC)C(=O)N1C(c2nc3ccc(-c4cc5ccc4CCc4ccc(c(-c6ccc7nc(C8CC9CCCCC9N8C(=O)C(CCSC)NC(=O)OC)[nH]c7c6)c4)CC5)cc3[nH]2)CC2CCCCC21. The Kier molecular flexibility index (Phi) is 15.7. The first kappa shape index (κ1) is 52.1. The number of ether oxygens (including phenoxy) is 2. The predicted molar refractivity (Wildman–Crippen MR) is 302 cm³/mol. The number of hydrogen-bond donors (Lipinski definition) is 4. The fraction of sp³-hybridized carbons (Fsp3) is 0.500. The van der Waals surface area contributed by atoms with E-state index in [1.54, 1.807) is 23.5 Å². The van der Waals surface area contributed by atoms with E-state index >= 15 is 0 Å². The van der Waals surface area contributed by atoms with E-state index in [9.17, 15) is 19.2 Å². The summed E-state index contributed by atoms with van der Waals surface area (Å²) in [6.07, 6.45) is 17.7. The number of methoxy groups -OCH3 is 2. The number of hydrogen-bond acceptors (Lipinski definition) is 10. The van der Waals surface area contributed by atoms with E-state index in [0.717, 1.165) is 133 Å². The third kappa shape index (κ3) is 10.6. The zero-order chi connectivity index (χ0) is 52.5. The van der Waals surface area contributed by atoms with Gasteiger partial charge in [0.2, 0.25) is 11.8 Å². The first-order valence-corrected chi connectivity index (χ1v) is 30.4. The van der Waals surface area contributed by atoms with Crippen molar-refractivity contribution in [1.82, 2.24) is 40.4 Å². The fourth-order valence-corrected chi connectivity index (χ4v) is 14.5. The van der Waals surface area contributed by atoms with Crippen LogP contribution in [-0.2, 0) is 44.7 Å². The topological polar surface area (TPSA) is 175 Å². The Hall–Kier alpha value is -6.00. The van der Waals surface area contributed by atoms with Gasteiger partial charge in [-0.1, -0.05) is 74.2 Å². The van der Waals surface area contributed by atoms with Gasteiger partial charge in [-0.15, -0.1) is 0 Å². The van der Waals surface area contributed by atoms with Gasteiger partial charge < -0.3 is 39.9 Å². The van der Waals surface area contributed by atoms with Crippen molar-refractivity contribution < 1.29 is 28.7 Å². The Balaban J connectivity index is 0.842. The zero-order valence-electron chi connectivity index (χ0n) is 44.3. The molecule has 4 heterocycles. The molecule has 2 aromatic heterocycles. The van der Waals surface area contributed by atoms with Crippen LogP contribution < -0.4 is 10.6 Å². The molecule has 4 N–H and O–H groups in total. The van der Waals surface area contributed by atoms with Crippen molar-refractivity contribution in [2.24, 2.45) is 11.8 Å². The van der Waals surface area contributed by atoms with Crippen LogP contribution in [0.3, 0.4) is 0 Å². The number of rotatable bonds is 14. The molecule has 4 aromatic carbocycles. The molecule has 2 saturated heterocycles. The Bertz CT molecular complexity index is 2910. The molecule has 76 heavy (non-hydrogen) atoms. The monoisotopic (exact) mass is 1060 g/mol. The molecule has 0 spiro atoms. The molecule has 14 rings (SSSR count). The molecule has 14 nitrogen and oxygen atoms in total. The summed E-state index contributed by atoms with van der Waals surface area (Å²) in [5.41, 5.74) is 13.6. The lowest BCUT2D eigenvalue weighted by Crippen LogP contribution is -2.52. The number of aromatic amines is 2. The number of likely N-dealkylation sites (tertiary alicyclic amines) is 2. The molecule has 2 aliphatic heterocycles. The number of carbonyl (C=O) groups is 4. The van der Waals surface area contributed by atoms with Gasteiger partial charge in [0.25, 0.3) is 0 Å². The molecule has 16 heteroatoms. The van der Waals surface area contributed by atoms with Gasteiger partial charge in [0.1, 0.15) is 23.7 Å². The Morgan fingerprint density at radius 3 is 1.45 bits per heavy atom. The predicted octanol–water partition coefficient (Wildman–Crippen LogP) is 11.3. The summed E-state index contributed by atoms with van der Waals surface area (Å²) in [4.78, 5) is 76.0. The number of aromatic nitrogens is 4. The van der Waals surface area contributed by atoms with E-state index in [4.69, 9.17) is 19.4 Å². The highest BCUT2D eigenvalue weighted by atomic mass is 32.2. The van der Waals surface area contributed by atoms with Gasteiger partial charge >= 0.3 is 12.2 Å². The van der Waals surface area contributed by atoms with Crippen molar-refractivity contribution in [3.63, 3.8) is 0 Å². The molecule has 400 valence electrons. The summed E-state index contributed by atoms with van der Waals surface area (Å²) in [5.74, 6) is 3.81. The minimum absolute atomic E-state index is 0.0492. The summed E-state index contributed by atoms with van der Waals surface area (Å²) in [6.45, 7) is 0. The van der Waals surface area contributed by atoms with E-state index in [-0.39, 0.29) is 36.0 Å². The Labute approximate surface area is 454 Å². The van der Waals surface area contributed by atoms with E-state index in [1.165, 1.54) is 60.4 Å². The average Bonchev–Trinajstić information content (AvgIpc) is 4.27. The van der Waals surface area contributed by atoms with Gasteiger partial charge in [-0.2, -0.15) is 23.5 Å². The first-order chi connectivity index (χ1) is 37.1. The van der Waals surface area contributed by atoms with Crippen molar-refractivity contribution >= 4 is 69.6 Å². The highest BCUT2D eigenvalue weighted by Crippen LogP contribution is 2.48. The number of benzene rings is 4. The van der Waals surface area contributed by atoms with Crippen molar-refractivity contribution in [2.45, 2.75) is 139 Å². The van der Waals surface area contributed by atoms with Crippen LogP contribution in [0.1, 0.15) is 123 Å². The number of nitrogens with zero attached hydrogens (tertiary/aromatic N) is 4. The number of alkyl carbamates (subject to hydrolysis) is 2. The normalized spacial score (nSPS) is 22.9. The number of H-pyrrole nitrogens is 2. The molecule has 8 atom stereocenters. The Morgan fingerprint density at radius 1 is 0.592 bits per heavy atom. The van der Waals surface area contributed by atoms with E-state index in [1.807, 2.05) is 12.5 Å². The van der Waals surface area contributed by atoms with Gasteiger partial charge in [-0.3, -0.25) is 9.59 Å². The lowest BCUT2D eigenvalue weighted by Gasteiger charge is -2.36. The molecule has 4 amide bonds. The first-order valence-electron chi connectivity index (χ1n) is 27.7. The molecular weight excluding hydrogens is 993 g/mol. The summed E-state index contributed by atoms with van der Waals surface area (Å²) in [5, 5.41) is 5.73. The van der Waals surface area contributed by atoms with E-state index in [0.29, 0.717) is 24.7 Å². The molecule has 8 aliphatic rings. The number of nitrogens with one attached hydrogen (secondary N) is 4. The number of imidazole rings is 2. The number of amides is 4. The van der Waals surface area contributed by atoms with Crippen LogP contribution in [-0.4, -0.2) is 116 Å². The van der Waals surface area contributed by atoms with Crippen LogP contribution in [0, 0.1) is 11.8 Å². The molecule has 4 fully saturated rings. The van der Waals surface area contributed by atoms with Crippen LogP contribution in [0.25, 0.3) is 44.3 Å². The van der Waals surface area contributed by atoms with E-state index in [2.05, 4.69) is 103 Å². The minimum Gasteiger partial charge on any atom is -0.453 e. The van der Waals surface area contributed by atoms with Crippen LogP contribution in [0.2, 0.25) is 0 Å². The second-order valence-electron chi connectivity index (χ2n) is 21.8. The smallest absolute Gasteiger partial charge is 0.407 e. The van der Waals surface area contributed by atoms with E-state index < -0.39 is 24.3 Å². The average molecular weight is 1070 g/mol. The minimum atomic E-state index is -0.665. The second-order valence-corrected chi connectivity index (χ2v) is 23.8. The quantitative estimate of drug-likeness (QED) is 0.0822. The van der Waals surface area contributed by atoms with Crippen molar-refractivity contribution in [1.29, 1.82) is 0 Å². The summed E-state index contributed by atoms with van der Waals surface area (Å²) >= 11 is 3.32. The van der Waals surface area contributed by atoms with Gasteiger partial charge in [0.05, 0.1) is 48.4 Å². The fourth-order valence-electron chi connectivity index (χ4n) is 13.6. The maximum Gasteiger partial charge on any atom is 0.407 e. The summed E-state index contributed by atoms with van der Waals surface area (Å²) in [6, 6.07) is 25.6. The molecule has 0 radical (unpaired) electrons. The zero-order valence-corrected chi connectivity index (χ0v) is 46.0. The molecule has 6 aliphatic carbocycles. The highest BCUT2D eigenvalue weighted by Gasteiger charge is 2.49. The largest absolute Gasteiger partial charge is 0.453 e. The third-order valence-corrected chi connectivity index (χ3v) is 18.7. The maximum atomic E-state index is 14.6. The lowest BCUT2D eigenvalue weighted by atomic mass is 9.84. The highest BCUT2D eigenvalue weighted by molar-refractivity contribution is 7.98. The van der Waals surface area contributed by atoms with Crippen LogP contribution in [0.5, 0.6) is 0 Å². The number of aryl methyl sites for hydroxylation is 4. The number of thioether (sulfide) groups is 2. The molecule has 8 unspecified atom stereocenters. The summed E-state index contributed by atoms with van der Waals surface area (Å²) < 4.78 is 9.92. The van der Waals surface area contributed by atoms with Gasteiger partial charge in [0, 0.05) is 12.1 Å². The van der Waals surface area contributed by atoms with Crippen LogP contribution in [0.4, 0.5) is 9.59 Å². The lowest BCUT2D eigenvalue weighted by molar-refractivity contribution is -0.138. The molecular formula is C60H72N8O6S2. The van der Waals surface area contributed by atoms with Crippen molar-refractivity contribution in [2.75, 3.05) is 38.2 Å². The van der Waals surface area contributed by atoms with Crippen molar-refractivity contribution in [3.05, 3.63) is 107 Å². The number of carbonyl (C=O) groups excluding carboxylic acids is 4. The van der Waals surface area contributed by atoms with Gasteiger partial charge in [0.15, 0.2) is 0 Å². The number of fused-ring (bicyclic) bond motifs is 4. The molecule has 2 saturated carbocycles. The van der Waals surface area contributed by atoms with Gasteiger partial charge in [-0.05, 0) is 182 Å². The second kappa shape index (κ2) is 22.9. The molecule has 6 aromatic rings. The standard InChI is InChI=1S/C60H72N8O6S2/c1-73-59(71)65-47(25-27-75-3)57(69)67-51-11-7-5-9-41(51)33-53(67)55-61-45-23-21-39(31-49(45)63-55)43-29-35-13-17-37(43)19-15-36-14-18-38(20-16-35)44(30-36)40-22-24-46-50(32-40)64-56(62-46)54-34-42-10-6-8-12-52(42)68(54)58(70)48(26-28-76-4)66-60(72)74-2/h13-14,17-18,21-24,29-32,41-42,47-48,51-54H,5-12,15-16,19-20,25-28,33-34H2,1-4H3,(H,61,63)(H,62,64)(H,65,71)(H,66,72). The van der Waals surface area contributed by atoms with Gasteiger partial charge in [-0.25, -0.2) is 19.6 Å². The van der Waals surface area contributed by atoms with Crippen molar-refractivity contribution in [3.8, 4) is 22.3 Å². The Morgan fingerprint density at radius 2 is 1.03 bits per heavy atom. The molecule has 4 bridgehead atoms.